The minimum Gasteiger partial charge on any atom is -0.273 e. The van der Waals surface area contributed by atoms with Gasteiger partial charge in [-0.3, -0.25) is 25.5 Å². The van der Waals surface area contributed by atoms with Gasteiger partial charge in [-0.05, 0) is 30.5 Å². The Balaban J connectivity index is 1.49. The fraction of sp³-hybridized carbons (Fsp3) is 0.286. The summed E-state index contributed by atoms with van der Waals surface area (Å²) >= 11 is 1.53. The number of amides is 2. The van der Waals surface area contributed by atoms with Gasteiger partial charge < -0.3 is 0 Å². The molecular formula is C14H15N5O2S. The van der Waals surface area contributed by atoms with E-state index in [1.807, 2.05) is 12.1 Å². The van der Waals surface area contributed by atoms with Crippen LogP contribution in [0.25, 0.3) is 0 Å². The van der Waals surface area contributed by atoms with E-state index < -0.39 is 0 Å². The van der Waals surface area contributed by atoms with Crippen LogP contribution in [0.5, 0.6) is 0 Å². The van der Waals surface area contributed by atoms with E-state index in [9.17, 15) is 9.59 Å². The zero-order valence-electron chi connectivity index (χ0n) is 11.7. The van der Waals surface area contributed by atoms with Crippen molar-refractivity contribution in [3.63, 3.8) is 0 Å². The smallest absolute Gasteiger partial charge is 0.269 e. The first-order chi connectivity index (χ1) is 10.7. The van der Waals surface area contributed by atoms with Crippen LogP contribution in [-0.2, 0) is 10.5 Å². The Labute approximate surface area is 131 Å². The molecule has 0 radical (unpaired) electrons. The lowest BCUT2D eigenvalue weighted by atomic mass is 10.1. The maximum absolute atomic E-state index is 11.9. The summed E-state index contributed by atoms with van der Waals surface area (Å²) < 4.78 is 0. The lowest BCUT2D eigenvalue weighted by molar-refractivity contribution is -0.123. The van der Waals surface area contributed by atoms with E-state index in [0.29, 0.717) is 5.56 Å². The summed E-state index contributed by atoms with van der Waals surface area (Å²) in [5.74, 6) is 0.364. The Bertz CT molecular complexity index is 652. The van der Waals surface area contributed by atoms with Crippen molar-refractivity contribution in [3.05, 3.63) is 41.7 Å². The highest BCUT2D eigenvalue weighted by molar-refractivity contribution is 7.98. The van der Waals surface area contributed by atoms with Crippen molar-refractivity contribution in [3.8, 4) is 0 Å². The predicted octanol–water partition coefficient (Wildman–Crippen LogP) is 1.27. The van der Waals surface area contributed by atoms with Gasteiger partial charge >= 0.3 is 0 Å². The largest absolute Gasteiger partial charge is 0.273 e. The molecule has 1 saturated carbocycles. The normalized spacial score (nSPS) is 13.6. The summed E-state index contributed by atoms with van der Waals surface area (Å²) in [6.07, 6.45) is 3.27. The van der Waals surface area contributed by atoms with E-state index in [1.54, 1.807) is 12.1 Å². The Kier molecular flexibility index (Phi) is 4.38. The first kappa shape index (κ1) is 14.6. The molecule has 1 aliphatic carbocycles. The van der Waals surface area contributed by atoms with Crippen molar-refractivity contribution in [2.75, 3.05) is 0 Å². The molecule has 0 aliphatic heterocycles. The van der Waals surface area contributed by atoms with Crippen molar-refractivity contribution in [2.24, 2.45) is 5.92 Å². The fourth-order valence-corrected chi connectivity index (χ4v) is 2.54. The molecule has 0 saturated heterocycles. The summed E-state index contributed by atoms with van der Waals surface area (Å²) in [4.78, 5) is 27.4. The van der Waals surface area contributed by atoms with Crippen molar-refractivity contribution in [1.82, 2.24) is 26.0 Å². The molecule has 0 unspecified atom stereocenters. The fourth-order valence-electron chi connectivity index (χ4n) is 1.81. The summed E-state index contributed by atoms with van der Waals surface area (Å²) in [7, 11) is 0. The molecule has 2 amide bonds. The molecule has 1 aliphatic rings. The minimum absolute atomic E-state index is 0.0655. The molecule has 1 aromatic heterocycles. The molecule has 1 aromatic carbocycles. The second kappa shape index (κ2) is 6.61. The molecule has 0 atom stereocenters. The van der Waals surface area contributed by atoms with E-state index in [2.05, 4.69) is 26.0 Å². The van der Waals surface area contributed by atoms with Crippen LogP contribution in [0.15, 0.2) is 35.7 Å². The zero-order chi connectivity index (χ0) is 15.4. The average Bonchev–Trinajstić information content (AvgIpc) is 3.27. The van der Waals surface area contributed by atoms with Gasteiger partial charge in [0.2, 0.25) is 5.91 Å². The number of nitrogens with zero attached hydrogens (tertiary/aromatic N) is 2. The third kappa shape index (κ3) is 3.85. The molecule has 2 aromatic rings. The number of hydrogen-bond donors (Lipinski definition) is 3. The Morgan fingerprint density at radius 1 is 1.23 bits per heavy atom. The Hall–Kier alpha value is -2.35. The monoisotopic (exact) mass is 317 g/mol. The molecule has 1 fully saturated rings. The number of H-pyrrole nitrogens is 1. The molecule has 3 N–H and O–H groups in total. The van der Waals surface area contributed by atoms with Crippen LogP contribution in [0.3, 0.4) is 0 Å². The summed E-state index contributed by atoms with van der Waals surface area (Å²) in [6, 6.07) is 7.21. The maximum Gasteiger partial charge on any atom is 0.269 e. The van der Waals surface area contributed by atoms with Crippen LogP contribution in [-0.4, -0.2) is 27.0 Å². The lowest BCUT2D eigenvalue weighted by Gasteiger charge is -2.07. The van der Waals surface area contributed by atoms with E-state index in [1.165, 1.54) is 18.1 Å². The van der Waals surface area contributed by atoms with Crippen LogP contribution in [0.1, 0.15) is 28.8 Å². The number of nitrogens with one attached hydrogen (secondary N) is 3. The Morgan fingerprint density at radius 2 is 2.00 bits per heavy atom. The van der Waals surface area contributed by atoms with Crippen molar-refractivity contribution < 1.29 is 9.59 Å². The van der Waals surface area contributed by atoms with Crippen LogP contribution in [0.2, 0.25) is 0 Å². The van der Waals surface area contributed by atoms with Crippen molar-refractivity contribution in [2.45, 2.75) is 23.8 Å². The summed E-state index contributed by atoms with van der Waals surface area (Å²) in [5.41, 5.74) is 6.44. The van der Waals surface area contributed by atoms with Gasteiger partial charge in [0, 0.05) is 17.2 Å². The topological polar surface area (TPSA) is 99.8 Å². The van der Waals surface area contributed by atoms with Gasteiger partial charge in [0.15, 0.2) is 5.16 Å². The third-order valence-corrected chi connectivity index (χ3v) is 4.18. The number of benzene rings is 1. The Morgan fingerprint density at radius 3 is 2.64 bits per heavy atom. The van der Waals surface area contributed by atoms with Gasteiger partial charge in [-0.2, -0.15) is 5.10 Å². The van der Waals surface area contributed by atoms with Gasteiger partial charge in [0.05, 0.1) is 0 Å². The highest BCUT2D eigenvalue weighted by atomic mass is 32.2. The van der Waals surface area contributed by atoms with Gasteiger partial charge in [-0.15, -0.1) is 0 Å². The lowest BCUT2D eigenvalue weighted by Crippen LogP contribution is -2.42. The van der Waals surface area contributed by atoms with Gasteiger partial charge in [0.25, 0.3) is 5.91 Å². The second-order valence-corrected chi connectivity index (χ2v) is 5.96. The SMILES string of the molecule is O=C(NNC(=O)C1CC1)c1ccc(CSc2ncn[nH]2)cc1. The highest BCUT2D eigenvalue weighted by Gasteiger charge is 2.29. The van der Waals surface area contributed by atoms with Crippen LogP contribution in [0.4, 0.5) is 0 Å². The first-order valence-electron chi connectivity index (χ1n) is 6.89. The quantitative estimate of drug-likeness (QED) is 0.569. The van der Waals surface area contributed by atoms with Gasteiger partial charge in [-0.1, -0.05) is 23.9 Å². The van der Waals surface area contributed by atoms with Crippen LogP contribution in [0, 0.1) is 5.92 Å². The molecule has 22 heavy (non-hydrogen) atoms. The second-order valence-electron chi connectivity index (χ2n) is 4.99. The molecular weight excluding hydrogens is 302 g/mol. The molecule has 1 heterocycles. The number of thioether (sulfide) groups is 1. The van der Waals surface area contributed by atoms with Gasteiger partial charge in [-0.25, -0.2) is 4.98 Å². The van der Waals surface area contributed by atoms with Crippen molar-refractivity contribution >= 4 is 23.6 Å². The number of hydrazine groups is 1. The summed E-state index contributed by atoms with van der Waals surface area (Å²) in [6.45, 7) is 0. The van der Waals surface area contributed by atoms with E-state index in [4.69, 9.17) is 0 Å². The molecule has 0 bridgehead atoms. The van der Waals surface area contributed by atoms with E-state index >= 15 is 0 Å². The number of aromatic nitrogens is 3. The van der Waals surface area contributed by atoms with Crippen molar-refractivity contribution in [1.29, 1.82) is 0 Å². The standard InChI is InChI=1S/C14H15N5O2S/c20-12(17-18-13(21)11-5-6-11)10-3-1-9(2-4-10)7-22-14-15-8-16-19-14/h1-4,8,11H,5-7H2,(H,17,20)(H,18,21)(H,15,16,19). The molecule has 0 spiro atoms. The molecule has 114 valence electrons. The maximum atomic E-state index is 11.9. The average molecular weight is 317 g/mol. The predicted molar refractivity (Wildman–Crippen MR) is 80.7 cm³/mol. The number of carbonyl (C=O) groups is 2. The molecule has 3 rings (SSSR count). The number of rotatable bonds is 5. The third-order valence-electron chi connectivity index (χ3n) is 3.23. The zero-order valence-corrected chi connectivity index (χ0v) is 12.5. The first-order valence-corrected chi connectivity index (χ1v) is 7.88. The molecule has 7 nitrogen and oxygen atoms in total. The van der Waals surface area contributed by atoms with E-state index in [-0.39, 0.29) is 17.7 Å². The van der Waals surface area contributed by atoms with Crippen LogP contribution < -0.4 is 10.9 Å². The number of hydrogen-bond acceptors (Lipinski definition) is 5. The molecule has 8 heteroatoms. The van der Waals surface area contributed by atoms with Crippen LogP contribution >= 0.6 is 11.8 Å². The minimum atomic E-state index is -0.316. The number of carbonyl (C=O) groups excluding carboxylic acids is 2. The highest BCUT2D eigenvalue weighted by Crippen LogP contribution is 2.28. The van der Waals surface area contributed by atoms with Gasteiger partial charge in [0.1, 0.15) is 6.33 Å². The van der Waals surface area contributed by atoms with E-state index in [0.717, 1.165) is 29.3 Å². The number of aromatic amines is 1. The summed E-state index contributed by atoms with van der Waals surface area (Å²) in [5, 5.41) is 7.31.